The van der Waals surface area contributed by atoms with E-state index in [-0.39, 0.29) is 5.57 Å². The average molecular weight is 224 g/mol. The molecular weight excluding hydrogens is 200 g/mol. The van der Waals surface area contributed by atoms with Crippen molar-refractivity contribution in [1.82, 2.24) is 0 Å². The predicted octanol–water partition coefficient (Wildman–Crippen LogP) is 4.35. The zero-order valence-corrected chi connectivity index (χ0v) is 10.5. The summed E-state index contributed by atoms with van der Waals surface area (Å²) in [5.41, 5.74) is 0.176. The summed E-state index contributed by atoms with van der Waals surface area (Å²) in [5.74, 6) is -0.935. The maximum absolute atomic E-state index is 9.60. The van der Waals surface area contributed by atoms with Gasteiger partial charge >= 0.3 is 5.97 Å². The molecular formula is C14H24O2. The Morgan fingerprint density at radius 3 is 2.25 bits per heavy atom. The maximum Gasteiger partial charge on any atom is 0.330 e. The number of unbranched alkanes of at least 4 members (excludes halogenated alkanes) is 4. The van der Waals surface area contributed by atoms with Gasteiger partial charge in [-0.05, 0) is 19.8 Å². The van der Waals surface area contributed by atoms with Gasteiger partial charge in [0.15, 0.2) is 0 Å². The second-order valence-corrected chi connectivity index (χ2v) is 3.60. The minimum absolute atomic E-state index is 0.176. The normalized spacial score (nSPS) is 9.38. The number of aliphatic carboxylic acids is 1. The first-order valence-corrected chi connectivity index (χ1v) is 5.72. The molecule has 1 N–H and O–H groups in total. The third-order valence-corrected chi connectivity index (χ3v) is 1.86. The Hall–Kier alpha value is -1.31. The van der Waals surface area contributed by atoms with Crippen molar-refractivity contribution in [2.75, 3.05) is 0 Å². The van der Waals surface area contributed by atoms with Crippen molar-refractivity contribution in [2.24, 2.45) is 0 Å². The smallest absolute Gasteiger partial charge is 0.330 e. The van der Waals surface area contributed by atoms with Gasteiger partial charge < -0.3 is 5.11 Å². The van der Waals surface area contributed by atoms with E-state index in [1.807, 2.05) is 12.2 Å². The van der Waals surface area contributed by atoms with Crippen molar-refractivity contribution in [3.63, 3.8) is 0 Å². The molecule has 0 aliphatic heterocycles. The molecule has 0 radical (unpaired) electrons. The fourth-order valence-electron chi connectivity index (χ4n) is 0.881. The first-order chi connectivity index (χ1) is 7.56. The molecule has 0 aliphatic rings. The van der Waals surface area contributed by atoms with E-state index in [1.165, 1.54) is 39.0 Å². The molecule has 0 saturated heterocycles. The maximum atomic E-state index is 9.60. The monoisotopic (exact) mass is 224 g/mol. The van der Waals surface area contributed by atoms with Crippen LogP contribution in [0.25, 0.3) is 0 Å². The number of hydrogen-bond acceptors (Lipinski definition) is 1. The fraction of sp³-hybridized carbons (Fsp3) is 0.500. The van der Waals surface area contributed by atoms with E-state index in [2.05, 4.69) is 26.2 Å². The zero-order chi connectivity index (χ0) is 12.8. The second-order valence-electron chi connectivity index (χ2n) is 3.60. The van der Waals surface area contributed by atoms with Crippen molar-refractivity contribution >= 4 is 5.97 Å². The number of hydrogen-bond donors (Lipinski definition) is 1. The van der Waals surface area contributed by atoms with Crippen LogP contribution >= 0.6 is 0 Å². The van der Waals surface area contributed by atoms with E-state index in [1.54, 1.807) is 0 Å². The number of carboxylic acid groups (broad SMARTS) is 1. The van der Waals surface area contributed by atoms with E-state index >= 15 is 0 Å². The highest BCUT2D eigenvalue weighted by molar-refractivity contribution is 5.84. The Bertz CT molecular complexity index is 215. The standard InChI is InChI=1S/C10H18.C4H6O2/c1-3-5-7-9-10-8-6-4-2;1-3(2)4(5)6/h3,5,7H,1,4,6,8-10H2,2H3;1H2,2H3,(H,5,6). The van der Waals surface area contributed by atoms with Gasteiger partial charge in [-0.1, -0.05) is 57.6 Å². The molecule has 0 amide bonds. The molecule has 0 aromatic rings. The Labute approximate surface area is 99.4 Å². The van der Waals surface area contributed by atoms with Crippen LogP contribution in [-0.4, -0.2) is 11.1 Å². The van der Waals surface area contributed by atoms with Crippen LogP contribution in [0.1, 0.15) is 46.0 Å². The molecule has 0 rings (SSSR count). The third kappa shape index (κ3) is 18.5. The van der Waals surface area contributed by atoms with Gasteiger partial charge in [-0.3, -0.25) is 0 Å². The van der Waals surface area contributed by atoms with Gasteiger partial charge in [0.1, 0.15) is 0 Å². The summed E-state index contributed by atoms with van der Waals surface area (Å²) in [5, 5.41) is 7.89. The lowest BCUT2D eigenvalue weighted by Crippen LogP contribution is -1.92. The van der Waals surface area contributed by atoms with Crippen LogP contribution in [0.5, 0.6) is 0 Å². The highest BCUT2D eigenvalue weighted by atomic mass is 16.4. The lowest BCUT2D eigenvalue weighted by atomic mass is 10.1. The van der Waals surface area contributed by atoms with Crippen LogP contribution in [0.3, 0.4) is 0 Å². The number of carbonyl (C=O) groups is 1. The quantitative estimate of drug-likeness (QED) is 0.396. The molecule has 2 heteroatoms. The summed E-state index contributed by atoms with van der Waals surface area (Å²) in [7, 11) is 0. The van der Waals surface area contributed by atoms with Crippen LogP contribution in [-0.2, 0) is 4.79 Å². The zero-order valence-electron chi connectivity index (χ0n) is 10.5. The number of rotatable bonds is 7. The lowest BCUT2D eigenvalue weighted by Gasteiger charge is -1.92. The second kappa shape index (κ2) is 13.7. The molecule has 2 nitrogen and oxygen atoms in total. The molecule has 92 valence electrons. The van der Waals surface area contributed by atoms with Crippen LogP contribution in [0.2, 0.25) is 0 Å². The molecule has 0 fully saturated rings. The van der Waals surface area contributed by atoms with E-state index in [4.69, 9.17) is 5.11 Å². The van der Waals surface area contributed by atoms with Gasteiger partial charge in [0, 0.05) is 5.57 Å². The van der Waals surface area contributed by atoms with Crippen molar-refractivity contribution < 1.29 is 9.90 Å². The molecule has 0 aromatic heterocycles. The van der Waals surface area contributed by atoms with E-state index in [9.17, 15) is 4.79 Å². The predicted molar refractivity (Wildman–Crippen MR) is 70.5 cm³/mol. The Morgan fingerprint density at radius 1 is 1.31 bits per heavy atom. The number of allylic oxidation sites excluding steroid dienone is 3. The SMILES string of the molecule is C=C(C)C(=O)O.C=CC=CCCCCCC. The van der Waals surface area contributed by atoms with Gasteiger partial charge in [-0.15, -0.1) is 0 Å². The van der Waals surface area contributed by atoms with Gasteiger partial charge in [0.2, 0.25) is 0 Å². The molecule has 0 aromatic carbocycles. The molecule has 0 saturated carbocycles. The van der Waals surface area contributed by atoms with Crippen molar-refractivity contribution in [2.45, 2.75) is 46.0 Å². The largest absolute Gasteiger partial charge is 0.478 e. The summed E-state index contributed by atoms with van der Waals surface area (Å²) < 4.78 is 0. The molecule has 0 unspecified atom stereocenters. The lowest BCUT2D eigenvalue weighted by molar-refractivity contribution is -0.132. The summed E-state index contributed by atoms with van der Waals surface area (Å²) in [6.45, 7) is 10.4. The Balaban J connectivity index is 0. The van der Waals surface area contributed by atoms with Crippen LogP contribution in [0.4, 0.5) is 0 Å². The fourth-order valence-corrected chi connectivity index (χ4v) is 0.881. The first-order valence-electron chi connectivity index (χ1n) is 5.72. The molecule has 0 spiro atoms. The van der Waals surface area contributed by atoms with Crippen LogP contribution < -0.4 is 0 Å². The molecule has 16 heavy (non-hydrogen) atoms. The molecule has 0 heterocycles. The van der Waals surface area contributed by atoms with Crippen molar-refractivity contribution in [1.29, 1.82) is 0 Å². The minimum atomic E-state index is -0.935. The van der Waals surface area contributed by atoms with E-state index in [0.29, 0.717) is 0 Å². The highest BCUT2D eigenvalue weighted by Gasteiger charge is 1.90. The summed E-state index contributed by atoms with van der Waals surface area (Å²) in [6.07, 6.45) is 12.7. The molecule has 0 atom stereocenters. The average Bonchev–Trinajstić information content (AvgIpc) is 2.24. The molecule has 0 aliphatic carbocycles. The van der Waals surface area contributed by atoms with E-state index in [0.717, 1.165) is 0 Å². The first kappa shape index (κ1) is 17.1. The topological polar surface area (TPSA) is 37.3 Å². The van der Waals surface area contributed by atoms with Crippen LogP contribution in [0, 0.1) is 0 Å². The van der Waals surface area contributed by atoms with Crippen molar-refractivity contribution in [3.8, 4) is 0 Å². The van der Waals surface area contributed by atoms with Gasteiger partial charge in [-0.25, -0.2) is 4.79 Å². The van der Waals surface area contributed by atoms with Crippen molar-refractivity contribution in [3.05, 3.63) is 37.0 Å². The molecule has 0 bridgehead atoms. The number of carboxylic acids is 1. The van der Waals surface area contributed by atoms with Gasteiger partial charge in [0.05, 0.1) is 0 Å². The van der Waals surface area contributed by atoms with E-state index < -0.39 is 5.97 Å². The summed E-state index contributed by atoms with van der Waals surface area (Å²) >= 11 is 0. The third-order valence-electron chi connectivity index (χ3n) is 1.86. The van der Waals surface area contributed by atoms with Gasteiger partial charge in [-0.2, -0.15) is 0 Å². The van der Waals surface area contributed by atoms with Crippen LogP contribution in [0.15, 0.2) is 37.0 Å². The summed E-state index contributed by atoms with van der Waals surface area (Å²) in [6, 6.07) is 0. The summed E-state index contributed by atoms with van der Waals surface area (Å²) in [4.78, 5) is 9.60. The Morgan fingerprint density at radius 2 is 1.88 bits per heavy atom. The van der Waals surface area contributed by atoms with Gasteiger partial charge in [0.25, 0.3) is 0 Å². The minimum Gasteiger partial charge on any atom is -0.478 e. The highest BCUT2D eigenvalue weighted by Crippen LogP contribution is 2.02. The Kier molecular flexibility index (Phi) is 14.6.